The van der Waals surface area contributed by atoms with Gasteiger partial charge < -0.3 is 15.2 Å². The molecule has 0 spiro atoms. The van der Waals surface area contributed by atoms with Crippen molar-refractivity contribution in [1.29, 1.82) is 0 Å². The number of halogens is 1. The second kappa shape index (κ2) is 6.72. The molecule has 106 valence electrons. The third-order valence-corrected chi connectivity index (χ3v) is 3.52. The Morgan fingerprint density at radius 3 is 2.30 bits per heavy atom. The Bertz CT molecular complexity index is 550. The number of nitrogens with zero attached hydrogens (tertiary/aromatic N) is 1. The van der Waals surface area contributed by atoms with E-state index in [1.54, 1.807) is 20.4 Å². The zero-order valence-electron chi connectivity index (χ0n) is 11.5. The van der Waals surface area contributed by atoms with Crippen LogP contribution < -0.4 is 15.2 Å². The van der Waals surface area contributed by atoms with Gasteiger partial charge in [-0.15, -0.1) is 0 Å². The molecule has 0 aliphatic heterocycles. The van der Waals surface area contributed by atoms with E-state index in [1.807, 2.05) is 30.3 Å². The van der Waals surface area contributed by atoms with Crippen molar-refractivity contribution in [2.24, 2.45) is 5.73 Å². The maximum absolute atomic E-state index is 6.31. The third-order valence-electron chi connectivity index (χ3n) is 3.05. The van der Waals surface area contributed by atoms with Crippen molar-refractivity contribution >= 4 is 15.9 Å². The molecule has 0 fully saturated rings. The molecular weight excluding hydrogens is 320 g/mol. The van der Waals surface area contributed by atoms with E-state index in [4.69, 9.17) is 15.2 Å². The lowest BCUT2D eigenvalue weighted by Crippen LogP contribution is -2.16. The van der Waals surface area contributed by atoms with E-state index in [2.05, 4.69) is 20.9 Å². The summed E-state index contributed by atoms with van der Waals surface area (Å²) < 4.78 is 11.7. The SMILES string of the molecule is COc1cccc(OC)c1C(N)Cc1ccc(Br)cn1. The van der Waals surface area contributed by atoms with Gasteiger partial charge in [0.2, 0.25) is 0 Å². The van der Waals surface area contributed by atoms with Crippen LogP contribution in [0.15, 0.2) is 41.0 Å². The number of methoxy groups -OCH3 is 2. The molecule has 1 aromatic heterocycles. The van der Waals surface area contributed by atoms with Gasteiger partial charge in [0.05, 0.1) is 19.8 Å². The fourth-order valence-corrected chi connectivity index (χ4v) is 2.33. The maximum Gasteiger partial charge on any atom is 0.127 e. The van der Waals surface area contributed by atoms with Gasteiger partial charge in [0.1, 0.15) is 11.5 Å². The first-order valence-corrected chi connectivity index (χ1v) is 7.02. The molecule has 2 rings (SSSR count). The van der Waals surface area contributed by atoms with Gasteiger partial charge in [0, 0.05) is 28.8 Å². The maximum atomic E-state index is 6.31. The molecule has 0 aliphatic carbocycles. The van der Waals surface area contributed by atoms with E-state index in [0.717, 1.165) is 27.2 Å². The zero-order chi connectivity index (χ0) is 14.5. The summed E-state index contributed by atoms with van der Waals surface area (Å²) in [6, 6.07) is 9.31. The van der Waals surface area contributed by atoms with E-state index >= 15 is 0 Å². The lowest BCUT2D eigenvalue weighted by Gasteiger charge is -2.18. The lowest BCUT2D eigenvalue weighted by molar-refractivity contribution is 0.378. The molecule has 1 heterocycles. The Labute approximate surface area is 127 Å². The van der Waals surface area contributed by atoms with E-state index in [-0.39, 0.29) is 6.04 Å². The molecule has 1 unspecified atom stereocenters. The van der Waals surface area contributed by atoms with Crippen LogP contribution in [0.25, 0.3) is 0 Å². The van der Waals surface area contributed by atoms with Crippen molar-refractivity contribution in [3.8, 4) is 11.5 Å². The normalized spacial score (nSPS) is 12.0. The molecule has 20 heavy (non-hydrogen) atoms. The Kier molecular flexibility index (Phi) is 4.98. The molecule has 0 saturated heterocycles. The van der Waals surface area contributed by atoms with Gasteiger partial charge in [0.25, 0.3) is 0 Å². The van der Waals surface area contributed by atoms with Crippen LogP contribution in [0.2, 0.25) is 0 Å². The summed E-state index contributed by atoms with van der Waals surface area (Å²) in [7, 11) is 3.26. The standard InChI is InChI=1S/C15H17BrN2O2/c1-19-13-4-3-5-14(20-2)15(13)12(17)8-11-7-6-10(16)9-18-11/h3-7,9,12H,8,17H2,1-2H3. The highest BCUT2D eigenvalue weighted by Gasteiger charge is 2.18. The quantitative estimate of drug-likeness (QED) is 0.911. The Hall–Kier alpha value is -1.59. The average Bonchev–Trinajstić information content (AvgIpc) is 2.48. The fraction of sp³-hybridized carbons (Fsp3) is 0.267. The Morgan fingerprint density at radius 1 is 1.15 bits per heavy atom. The molecule has 4 nitrogen and oxygen atoms in total. The zero-order valence-corrected chi connectivity index (χ0v) is 13.1. The molecule has 0 aliphatic rings. The molecule has 0 radical (unpaired) electrons. The molecule has 0 amide bonds. The number of pyridine rings is 1. The van der Waals surface area contributed by atoms with Crippen molar-refractivity contribution < 1.29 is 9.47 Å². The Morgan fingerprint density at radius 2 is 1.80 bits per heavy atom. The summed E-state index contributed by atoms with van der Waals surface area (Å²) in [5, 5.41) is 0. The molecule has 0 saturated carbocycles. The lowest BCUT2D eigenvalue weighted by atomic mass is 10.0. The van der Waals surface area contributed by atoms with Gasteiger partial charge in [-0.05, 0) is 40.2 Å². The summed E-state index contributed by atoms with van der Waals surface area (Å²) in [6.07, 6.45) is 2.38. The third kappa shape index (κ3) is 3.29. The summed E-state index contributed by atoms with van der Waals surface area (Å²) >= 11 is 3.37. The molecule has 0 bridgehead atoms. The van der Waals surface area contributed by atoms with Crippen LogP contribution in [0, 0.1) is 0 Å². The van der Waals surface area contributed by atoms with Gasteiger partial charge in [0.15, 0.2) is 0 Å². The van der Waals surface area contributed by atoms with E-state index in [0.29, 0.717) is 6.42 Å². The van der Waals surface area contributed by atoms with Crippen LogP contribution in [0.4, 0.5) is 0 Å². The van der Waals surface area contributed by atoms with Crippen molar-refractivity contribution in [3.05, 3.63) is 52.3 Å². The van der Waals surface area contributed by atoms with Crippen molar-refractivity contribution in [2.75, 3.05) is 14.2 Å². The first kappa shape index (κ1) is 14.8. The number of hydrogen-bond donors (Lipinski definition) is 1. The minimum Gasteiger partial charge on any atom is -0.496 e. The number of rotatable bonds is 5. The largest absolute Gasteiger partial charge is 0.496 e. The van der Waals surface area contributed by atoms with Gasteiger partial charge in [-0.1, -0.05) is 6.07 Å². The summed E-state index contributed by atoms with van der Waals surface area (Å²) in [5.41, 5.74) is 8.09. The summed E-state index contributed by atoms with van der Waals surface area (Å²) in [4.78, 5) is 4.35. The summed E-state index contributed by atoms with van der Waals surface area (Å²) in [6.45, 7) is 0. The molecular formula is C15H17BrN2O2. The number of benzene rings is 1. The first-order valence-electron chi connectivity index (χ1n) is 6.22. The predicted molar refractivity (Wildman–Crippen MR) is 82.1 cm³/mol. The van der Waals surface area contributed by atoms with Gasteiger partial charge in [-0.3, -0.25) is 4.98 Å². The highest BCUT2D eigenvalue weighted by molar-refractivity contribution is 9.10. The van der Waals surface area contributed by atoms with E-state index in [9.17, 15) is 0 Å². The van der Waals surface area contributed by atoms with Crippen molar-refractivity contribution in [1.82, 2.24) is 4.98 Å². The molecule has 5 heteroatoms. The van der Waals surface area contributed by atoms with E-state index < -0.39 is 0 Å². The number of ether oxygens (including phenoxy) is 2. The van der Waals surface area contributed by atoms with Gasteiger partial charge in [-0.25, -0.2) is 0 Å². The average molecular weight is 337 g/mol. The minimum atomic E-state index is -0.241. The van der Waals surface area contributed by atoms with Crippen LogP contribution in [-0.2, 0) is 6.42 Å². The van der Waals surface area contributed by atoms with Crippen LogP contribution >= 0.6 is 15.9 Å². The highest BCUT2D eigenvalue weighted by atomic mass is 79.9. The number of hydrogen-bond acceptors (Lipinski definition) is 4. The second-order valence-electron chi connectivity index (χ2n) is 4.35. The van der Waals surface area contributed by atoms with Crippen molar-refractivity contribution in [3.63, 3.8) is 0 Å². The van der Waals surface area contributed by atoms with Crippen LogP contribution in [0.1, 0.15) is 17.3 Å². The Balaban J connectivity index is 2.28. The second-order valence-corrected chi connectivity index (χ2v) is 5.27. The van der Waals surface area contributed by atoms with Crippen molar-refractivity contribution in [2.45, 2.75) is 12.5 Å². The fourth-order valence-electron chi connectivity index (χ4n) is 2.10. The molecule has 2 aromatic rings. The highest BCUT2D eigenvalue weighted by Crippen LogP contribution is 2.34. The smallest absolute Gasteiger partial charge is 0.127 e. The van der Waals surface area contributed by atoms with Gasteiger partial charge in [-0.2, -0.15) is 0 Å². The number of nitrogens with two attached hydrogens (primary N) is 1. The van der Waals surface area contributed by atoms with E-state index in [1.165, 1.54) is 0 Å². The first-order chi connectivity index (χ1) is 9.65. The summed E-state index contributed by atoms with van der Waals surface area (Å²) in [5.74, 6) is 1.46. The molecule has 1 aromatic carbocycles. The predicted octanol–water partition coefficient (Wildman–Crippen LogP) is 3.10. The molecule has 2 N–H and O–H groups in total. The monoisotopic (exact) mass is 336 g/mol. The van der Waals surface area contributed by atoms with Crippen LogP contribution in [0.5, 0.6) is 11.5 Å². The number of aromatic nitrogens is 1. The topological polar surface area (TPSA) is 57.4 Å². The minimum absolute atomic E-state index is 0.241. The van der Waals surface area contributed by atoms with Gasteiger partial charge >= 0.3 is 0 Å². The molecule has 1 atom stereocenters. The van der Waals surface area contributed by atoms with Crippen LogP contribution in [-0.4, -0.2) is 19.2 Å². The van der Waals surface area contributed by atoms with Crippen LogP contribution in [0.3, 0.4) is 0 Å².